The molecule has 0 bridgehead atoms. The second-order valence-corrected chi connectivity index (χ2v) is 10.7. The van der Waals surface area contributed by atoms with Crippen LogP contribution in [0.5, 0.6) is 5.75 Å². The second-order valence-electron chi connectivity index (χ2n) is 10.7. The van der Waals surface area contributed by atoms with Crippen LogP contribution >= 0.6 is 0 Å². The van der Waals surface area contributed by atoms with Gasteiger partial charge < -0.3 is 19.1 Å². The van der Waals surface area contributed by atoms with Crippen molar-refractivity contribution in [1.82, 2.24) is 15.0 Å². The third-order valence-electron chi connectivity index (χ3n) is 6.16. The van der Waals surface area contributed by atoms with E-state index in [0.29, 0.717) is 35.5 Å². The van der Waals surface area contributed by atoms with Crippen LogP contribution in [-0.4, -0.2) is 50.5 Å². The number of nitrogens with zero attached hydrogens (tertiary/aromatic N) is 4. The molecule has 0 spiro atoms. The molecule has 1 N–H and O–H groups in total. The number of amides is 1. The number of carbonyl (C=O) groups is 2. The zero-order valence-corrected chi connectivity index (χ0v) is 22.7. The predicted octanol–water partition coefficient (Wildman–Crippen LogP) is 5.76. The number of nitriles is 1. The molecule has 1 amide bonds. The van der Waals surface area contributed by atoms with E-state index in [1.165, 1.54) is 4.90 Å². The minimum absolute atomic E-state index is 0.0761. The van der Waals surface area contributed by atoms with E-state index < -0.39 is 30.3 Å². The number of rotatable bonds is 7. The standard InChI is InChI=1S/C29H32N4O6/c1-17(2)37-24-13-12-18(14-19(24)15-30)27-31-26(32-39-27)22-10-6-9-21-20(22)8-7-11-23(21)33(16-25(34)35)28(36)38-29(3,4)5/h6,9-10,12-14,17,23H,7-8,11,16H2,1-5H3,(H,34,35)/t23-/m1/s1. The number of aromatic nitrogens is 2. The SMILES string of the molecule is CC(C)Oc1ccc(-c2nc(-c3cccc4c3CCC[C@H]4N(CC(=O)O)C(=O)OC(C)(C)C)no2)cc1C#N. The highest BCUT2D eigenvalue weighted by Crippen LogP contribution is 2.39. The van der Waals surface area contributed by atoms with Gasteiger partial charge in [0.05, 0.1) is 17.7 Å². The highest BCUT2D eigenvalue weighted by molar-refractivity contribution is 5.78. The van der Waals surface area contributed by atoms with Crippen LogP contribution in [0.4, 0.5) is 4.79 Å². The van der Waals surface area contributed by atoms with Gasteiger partial charge in [-0.25, -0.2) is 4.79 Å². The van der Waals surface area contributed by atoms with Gasteiger partial charge in [-0.1, -0.05) is 23.4 Å². The summed E-state index contributed by atoms with van der Waals surface area (Å²) in [6, 6.07) is 12.4. The molecule has 0 aliphatic heterocycles. The average Bonchev–Trinajstić information content (AvgIpc) is 3.35. The van der Waals surface area contributed by atoms with Gasteiger partial charge in [0, 0.05) is 11.1 Å². The van der Waals surface area contributed by atoms with Crippen LogP contribution in [0, 0.1) is 11.3 Å². The summed E-state index contributed by atoms with van der Waals surface area (Å²) in [7, 11) is 0. The summed E-state index contributed by atoms with van der Waals surface area (Å²) in [4.78, 5) is 30.6. The zero-order chi connectivity index (χ0) is 28.3. The first-order chi connectivity index (χ1) is 18.5. The van der Waals surface area contributed by atoms with Crippen molar-refractivity contribution in [2.45, 2.75) is 71.6 Å². The lowest BCUT2D eigenvalue weighted by molar-refractivity contribution is -0.139. The predicted molar refractivity (Wildman–Crippen MR) is 142 cm³/mol. The molecular weight excluding hydrogens is 500 g/mol. The Morgan fingerprint density at radius 2 is 2.03 bits per heavy atom. The fourth-order valence-corrected chi connectivity index (χ4v) is 4.68. The lowest BCUT2D eigenvalue weighted by atomic mass is 9.84. The van der Waals surface area contributed by atoms with Crippen LogP contribution in [0.3, 0.4) is 0 Å². The molecule has 0 fully saturated rings. The van der Waals surface area contributed by atoms with Crippen molar-refractivity contribution < 1.29 is 28.7 Å². The Labute approximate surface area is 227 Å². The van der Waals surface area contributed by atoms with Crippen molar-refractivity contribution in [2.75, 3.05) is 6.54 Å². The quantitative estimate of drug-likeness (QED) is 0.402. The van der Waals surface area contributed by atoms with Gasteiger partial charge in [-0.2, -0.15) is 10.2 Å². The van der Waals surface area contributed by atoms with Gasteiger partial charge in [-0.15, -0.1) is 0 Å². The van der Waals surface area contributed by atoms with E-state index >= 15 is 0 Å². The van der Waals surface area contributed by atoms with E-state index in [-0.39, 0.29) is 12.0 Å². The maximum Gasteiger partial charge on any atom is 0.411 e. The van der Waals surface area contributed by atoms with Gasteiger partial charge in [-0.3, -0.25) is 9.69 Å². The molecule has 0 saturated carbocycles. The highest BCUT2D eigenvalue weighted by Gasteiger charge is 2.35. The summed E-state index contributed by atoms with van der Waals surface area (Å²) in [6.45, 7) is 8.53. The number of hydrogen-bond acceptors (Lipinski definition) is 8. The third kappa shape index (κ3) is 6.37. The summed E-state index contributed by atoms with van der Waals surface area (Å²) in [5.74, 6) is -0.0158. The summed E-state index contributed by atoms with van der Waals surface area (Å²) < 4.78 is 16.8. The first kappa shape index (κ1) is 27.6. The van der Waals surface area contributed by atoms with E-state index in [1.807, 2.05) is 32.0 Å². The number of ether oxygens (including phenoxy) is 2. The lowest BCUT2D eigenvalue weighted by Crippen LogP contribution is -2.43. The van der Waals surface area contributed by atoms with Crippen molar-refractivity contribution in [3.63, 3.8) is 0 Å². The minimum atomic E-state index is -1.12. The molecule has 4 rings (SSSR count). The highest BCUT2D eigenvalue weighted by atomic mass is 16.6. The molecule has 1 heterocycles. The Bertz CT molecular complexity index is 1420. The molecule has 1 aliphatic carbocycles. The van der Waals surface area contributed by atoms with E-state index in [0.717, 1.165) is 23.1 Å². The Hall–Kier alpha value is -4.39. The largest absolute Gasteiger partial charge is 0.490 e. The maximum atomic E-state index is 13.0. The number of carboxylic acids is 1. The lowest BCUT2D eigenvalue weighted by Gasteiger charge is -2.36. The molecule has 10 nitrogen and oxygen atoms in total. The summed E-state index contributed by atoms with van der Waals surface area (Å²) in [5.41, 5.74) is 2.69. The topological polar surface area (TPSA) is 139 Å². The van der Waals surface area contributed by atoms with Crippen molar-refractivity contribution in [1.29, 1.82) is 5.26 Å². The summed E-state index contributed by atoms with van der Waals surface area (Å²) in [5, 5.41) is 23.3. The van der Waals surface area contributed by atoms with Gasteiger partial charge in [0.25, 0.3) is 5.89 Å². The Balaban J connectivity index is 1.68. The van der Waals surface area contributed by atoms with Crippen LogP contribution in [0.25, 0.3) is 22.8 Å². The number of fused-ring (bicyclic) bond motifs is 1. The molecule has 39 heavy (non-hydrogen) atoms. The molecule has 1 atom stereocenters. The van der Waals surface area contributed by atoms with Crippen molar-refractivity contribution >= 4 is 12.1 Å². The zero-order valence-electron chi connectivity index (χ0n) is 22.7. The van der Waals surface area contributed by atoms with Gasteiger partial charge >= 0.3 is 12.1 Å². The number of carbonyl (C=O) groups excluding carboxylic acids is 1. The number of benzene rings is 2. The molecule has 0 radical (unpaired) electrons. The molecule has 204 valence electrons. The molecule has 2 aromatic carbocycles. The van der Waals surface area contributed by atoms with Gasteiger partial charge in [0.2, 0.25) is 5.82 Å². The Kier molecular flexibility index (Phi) is 7.90. The maximum absolute atomic E-state index is 13.0. The Morgan fingerprint density at radius 3 is 2.69 bits per heavy atom. The third-order valence-corrected chi connectivity index (χ3v) is 6.16. The van der Waals surface area contributed by atoms with E-state index in [9.17, 15) is 20.0 Å². The van der Waals surface area contributed by atoms with E-state index in [1.54, 1.807) is 39.0 Å². The number of hydrogen-bond donors (Lipinski definition) is 1. The fourth-order valence-electron chi connectivity index (χ4n) is 4.68. The normalized spacial score (nSPS) is 14.8. The van der Waals surface area contributed by atoms with Crippen molar-refractivity contribution in [3.8, 4) is 34.7 Å². The summed E-state index contributed by atoms with van der Waals surface area (Å²) in [6.07, 6.45) is 1.30. The van der Waals surface area contributed by atoms with Crippen molar-refractivity contribution in [2.24, 2.45) is 0 Å². The first-order valence-corrected chi connectivity index (χ1v) is 12.8. The molecular formula is C29H32N4O6. The van der Waals surface area contributed by atoms with Crippen LogP contribution in [-0.2, 0) is 16.0 Å². The van der Waals surface area contributed by atoms with Crippen LogP contribution < -0.4 is 4.74 Å². The molecule has 10 heteroatoms. The van der Waals surface area contributed by atoms with Crippen LogP contribution in [0.2, 0.25) is 0 Å². The number of aliphatic carboxylic acids is 1. The monoisotopic (exact) mass is 532 g/mol. The van der Waals surface area contributed by atoms with Crippen LogP contribution in [0.1, 0.15) is 70.2 Å². The molecule has 0 unspecified atom stereocenters. The fraction of sp³-hybridized carbons (Fsp3) is 0.414. The van der Waals surface area contributed by atoms with Gasteiger partial charge in [-0.05, 0) is 83.2 Å². The smallest absolute Gasteiger partial charge is 0.411 e. The van der Waals surface area contributed by atoms with Crippen LogP contribution in [0.15, 0.2) is 40.9 Å². The van der Waals surface area contributed by atoms with Gasteiger partial charge in [0.15, 0.2) is 0 Å². The first-order valence-electron chi connectivity index (χ1n) is 12.8. The number of carboxylic acid groups (broad SMARTS) is 1. The van der Waals surface area contributed by atoms with E-state index in [2.05, 4.69) is 16.2 Å². The van der Waals surface area contributed by atoms with E-state index in [4.69, 9.17) is 14.0 Å². The second kappa shape index (κ2) is 11.2. The Morgan fingerprint density at radius 1 is 1.26 bits per heavy atom. The minimum Gasteiger partial charge on any atom is -0.490 e. The molecule has 3 aromatic rings. The molecule has 1 aliphatic rings. The molecule has 0 saturated heterocycles. The van der Waals surface area contributed by atoms with Gasteiger partial charge in [0.1, 0.15) is 24.0 Å². The molecule has 1 aromatic heterocycles. The van der Waals surface area contributed by atoms with Crippen molar-refractivity contribution in [3.05, 3.63) is 53.1 Å². The average molecular weight is 533 g/mol. The summed E-state index contributed by atoms with van der Waals surface area (Å²) >= 11 is 0.